The Morgan fingerprint density at radius 2 is 2.07 bits per heavy atom. The molecule has 0 bridgehead atoms. The number of hydrogen-bond donors (Lipinski definition) is 1. The van der Waals surface area contributed by atoms with E-state index in [0.717, 1.165) is 0 Å². The van der Waals surface area contributed by atoms with Gasteiger partial charge in [-0.15, -0.1) is 0 Å². The van der Waals surface area contributed by atoms with Crippen molar-refractivity contribution in [3.05, 3.63) is 0 Å². The van der Waals surface area contributed by atoms with Crippen molar-refractivity contribution in [2.75, 3.05) is 19.6 Å². The zero-order valence-corrected chi connectivity index (χ0v) is 9.62. The molecule has 1 aliphatic rings. The van der Waals surface area contributed by atoms with Crippen LogP contribution in [0, 0.1) is 5.92 Å². The Labute approximate surface area is 94.0 Å². The lowest BCUT2D eigenvalue weighted by atomic mass is 9.98. The van der Waals surface area contributed by atoms with Crippen molar-refractivity contribution in [1.82, 2.24) is 4.90 Å². The van der Waals surface area contributed by atoms with Crippen molar-refractivity contribution in [3.63, 3.8) is 0 Å². The number of carbonyl (C=O) groups is 1. The lowest BCUT2D eigenvalue weighted by molar-refractivity contribution is 0.0159. The van der Waals surface area contributed by atoms with E-state index >= 15 is 0 Å². The quantitative estimate of drug-likeness (QED) is 0.726. The summed E-state index contributed by atoms with van der Waals surface area (Å²) < 4.78 is 19.7. The Morgan fingerprint density at radius 3 is 2.47 bits per heavy atom. The van der Waals surface area contributed by atoms with Gasteiger partial charge in [0.1, 0.15) is 5.60 Å². The summed E-state index contributed by atoms with van der Waals surface area (Å²) in [5.41, 5.74) is -0.514. The van der Waals surface area contributed by atoms with Gasteiger partial charge in [0.25, 0.3) is 0 Å². The fourth-order valence-corrected chi connectivity index (χ4v) is 1.52. The van der Waals surface area contributed by atoms with Gasteiger partial charge in [-0.2, -0.15) is 0 Å². The summed E-state index contributed by atoms with van der Waals surface area (Å²) in [6.07, 6.45) is 0.556. The van der Waals surface area contributed by atoms with E-state index in [1.165, 1.54) is 0 Å². The van der Waals surface area contributed by atoms with E-state index < -0.39 is 18.1 Å². The molecule has 0 aromatic heterocycles. The number of nitrogens with zero attached hydrogens (tertiary/aromatic N) is 1. The highest BCUT2D eigenvalue weighted by Crippen LogP contribution is 2.18. The molecule has 0 aromatic carbocycles. The van der Waals surface area contributed by atoms with Gasteiger partial charge < -0.3 is 14.7 Å². The molecule has 0 unspecified atom stereocenters. The van der Waals surface area contributed by atoms with Gasteiger partial charge in [-0.1, -0.05) is 0 Å². The van der Waals surface area contributed by atoms with Crippen molar-refractivity contribution in [1.29, 1.82) is 0 Å². The molecule has 1 N–H and O–H groups in total. The van der Waals surface area contributed by atoms with Gasteiger partial charge in [-0.25, -0.2) is 4.79 Å². The van der Waals surface area contributed by atoms with Crippen LogP contribution in [0.2, 0.25) is 0 Å². The molecular weight excluding hydrogens is 194 g/mol. The molecule has 0 spiro atoms. The molecule has 4 heteroatoms. The largest absolute Gasteiger partial charge is 0.444 e. The first-order valence-corrected chi connectivity index (χ1v) is 5.30. The Morgan fingerprint density at radius 1 is 1.53 bits per heavy atom. The van der Waals surface area contributed by atoms with Crippen LogP contribution in [0.4, 0.5) is 4.79 Å². The fraction of sp³-hybridized carbons (Fsp3) is 0.909. The third-order valence-corrected chi connectivity index (χ3v) is 2.33. The number of hydrogen-bond acceptors (Lipinski definition) is 3. The summed E-state index contributed by atoms with van der Waals surface area (Å²) in [5, 5.41) is 9.25. The first-order valence-electron chi connectivity index (χ1n) is 6.30. The van der Waals surface area contributed by atoms with E-state index in [4.69, 9.17) is 7.48 Å². The SMILES string of the molecule is [2H]C([2H])(O)C1CCN(C(=O)OC(C)(C)C)CC1. The number of rotatable bonds is 1. The van der Waals surface area contributed by atoms with Gasteiger partial charge in [0, 0.05) is 19.6 Å². The second-order valence-corrected chi connectivity index (χ2v) is 4.87. The van der Waals surface area contributed by atoms with E-state index in [2.05, 4.69) is 0 Å². The van der Waals surface area contributed by atoms with E-state index in [0.29, 0.717) is 25.9 Å². The highest BCUT2D eigenvalue weighted by Gasteiger charge is 2.26. The number of piperidine rings is 1. The lowest BCUT2D eigenvalue weighted by Gasteiger charge is -2.32. The minimum atomic E-state index is -2.15. The van der Waals surface area contributed by atoms with E-state index in [1.54, 1.807) is 4.90 Å². The smallest absolute Gasteiger partial charge is 0.410 e. The molecule has 1 fully saturated rings. The molecule has 1 saturated heterocycles. The molecule has 1 heterocycles. The van der Waals surface area contributed by atoms with Gasteiger partial charge in [0.05, 0.1) is 2.74 Å². The molecule has 1 amide bonds. The average molecular weight is 217 g/mol. The summed E-state index contributed by atoms with van der Waals surface area (Å²) in [5.74, 6) is -0.402. The van der Waals surface area contributed by atoms with Gasteiger partial charge in [-0.3, -0.25) is 0 Å². The van der Waals surface area contributed by atoms with Crippen molar-refractivity contribution < 1.29 is 17.4 Å². The number of aliphatic hydroxyl groups is 1. The Bertz CT molecular complexity index is 275. The maximum atomic E-state index is 11.7. The first-order chi connectivity index (χ1) is 7.59. The van der Waals surface area contributed by atoms with Crippen LogP contribution in [0.3, 0.4) is 0 Å². The summed E-state index contributed by atoms with van der Waals surface area (Å²) in [6.45, 7) is 4.14. The van der Waals surface area contributed by atoms with Crippen LogP contribution < -0.4 is 0 Å². The number of carbonyl (C=O) groups excluding carboxylic acids is 1. The zero-order valence-electron chi connectivity index (χ0n) is 11.6. The number of amides is 1. The maximum Gasteiger partial charge on any atom is 0.410 e. The number of ether oxygens (including phenoxy) is 1. The zero-order chi connectivity index (χ0) is 13.3. The lowest BCUT2D eigenvalue weighted by Crippen LogP contribution is -2.42. The number of likely N-dealkylation sites (tertiary alicyclic amines) is 1. The molecule has 1 rings (SSSR count). The first kappa shape index (κ1) is 9.46. The summed E-state index contributed by atoms with van der Waals surface area (Å²) >= 11 is 0. The Kier molecular flexibility index (Phi) is 3.05. The minimum Gasteiger partial charge on any atom is -0.444 e. The fourth-order valence-electron chi connectivity index (χ4n) is 1.52. The second kappa shape index (κ2) is 4.84. The molecule has 0 saturated carbocycles. The molecule has 15 heavy (non-hydrogen) atoms. The molecule has 0 aliphatic carbocycles. The monoisotopic (exact) mass is 217 g/mol. The molecule has 4 nitrogen and oxygen atoms in total. The average Bonchev–Trinajstić information content (AvgIpc) is 2.14. The van der Waals surface area contributed by atoms with Crippen molar-refractivity contribution in [2.45, 2.75) is 39.2 Å². The molecule has 88 valence electrons. The Balaban J connectivity index is 2.45. The normalized spacial score (nSPS) is 22.0. The molecule has 0 aromatic rings. The third-order valence-electron chi connectivity index (χ3n) is 2.33. The van der Waals surface area contributed by atoms with Crippen LogP contribution in [-0.4, -0.2) is 41.3 Å². The predicted molar refractivity (Wildman–Crippen MR) is 57.6 cm³/mol. The topological polar surface area (TPSA) is 49.8 Å². The Hall–Kier alpha value is -0.770. The summed E-state index contributed by atoms with van der Waals surface area (Å²) in [6, 6.07) is 0. The van der Waals surface area contributed by atoms with Crippen LogP contribution in [-0.2, 0) is 4.74 Å². The standard InChI is InChI=1S/C11H21NO3/c1-11(2,3)15-10(14)12-6-4-9(8-13)5-7-12/h9,13H,4-8H2,1-3H3/i8D2. The van der Waals surface area contributed by atoms with Crippen LogP contribution in [0.1, 0.15) is 36.4 Å². The summed E-state index contributed by atoms with van der Waals surface area (Å²) in [4.78, 5) is 13.3. The molecule has 1 aliphatic heterocycles. The van der Waals surface area contributed by atoms with Crippen molar-refractivity contribution in [2.24, 2.45) is 5.92 Å². The molecular formula is C11H21NO3. The minimum absolute atomic E-state index is 0.366. The maximum absolute atomic E-state index is 11.7. The third kappa shape index (κ3) is 4.08. The van der Waals surface area contributed by atoms with Crippen LogP contribution >= 0.6 is 0 Å². The van der Waals surface area contributed by atoms with Gasteiger partial charge in [0.15, 0.2) is 0 Å². The van der Waals surface area contributed by atoms with E-state index in [-0.39, 0.29) is 6.09 Å². The van der Waals surface area contributed by atoms with Crippen molar-refractivity contribution >= 4 is 6.09 Å². The molecule has 0 atom stereocenters. The summed E-state index contributed by atoms with van der Waals surface area (Å²) in [7, 11) is 0. The second-order valence-electron chi connectivity index (χ2n) is 4.87. The van der Waals surface area contributed by atoms with Crippen molar-refractivity contribution in [3.8, 4) is 0 Å². The van der Waals surface area contributed by atoms with Gasteiger partial charge in [-0.05, 0) is 39.5 Å². The van der Waals surface area contributed by atoms with E-state index in [9.17, 15) is 9.90 Å². The van der Waals surface area contributed by atoms with Gasteiger partial charge >= 0.3 is 6.09 Å². The van der Waals surface area contributed by atoms with Crippen LogP contribution in [0.15, 0.2) is 0 Å². The van der Waals surface area contributed by atoms with Crippen LogP contribution in [0.5, 0.6) is 0 Å². The predicted octanol–water partition coefficient (Wildman–Crippen LogP) is 1.63. The van der Waals surface area contributed by atoms with Gasteiger partial charge in [0.2, 0.25) is 0 Å². The highest BCUT2D eigenvalue weighted by molar-refractivity contribution is 5.68. The molecule has 0 radical (unpaired) electrons. The van der Waals surface area contributed by atoms with Crippen LogP contribution in [0.25, 0.3) is 0 Å². The van der Waals surface area contributed by atoms with E-state index in [1.807, 2.05) is 20.8 Å². The highest BCUT2D eigenvalue weighted by atomic mass is 16.6.